The van der Waals surface area contributed by atoms with Crippen molar-refractivity contribution in [3.8, 4) is 0 Å². The third-order valence-corrected chi connectivity index (χ3v) is 6.87. The number of sulfone groups is 1. The van der Waals surface area contributed by atoms with Gasteiger partial charge in [0.05, 0.1) is 16.9 Å². The van der Waals surface area contributed by atoms with E-state index in [9.17, 15) is 18.0 Å². The van der Waals surface area contributed by atoms with E-state index in [4.69, 9.17) is 4.74 Å². The van der Waals surface area contributed by atoms with Crippen LogP contribution in [0, 0.1) is 0 Å². The Morgan fingerprint density at radius 3 is 2.93 bits per heavy atom. The van der Waals surface area contributed by atoms with Gasteiger partial charge in [0.1, 0.15) is 17.0 Å². The monoisotopic (exact) mass is 418 g/mol. The lowest BCUT2D eigenvalue weighted by atomic mass is 10.2. The summed E-state index contributed by atoms with van der Waals surface area (Å²) in [6.07, 6.45) is 2.66. The van der Waals surface area contributed by atoms with Gasteiger partial charge in [0.15, 0.2) is 9.84 Å². The highest BCUT2D eigenvalue weighted by Gasteiger charge is 2.30. The number of nitrogens with zero attached hydrogens (tertiary/aromatic N) is 3. The van der Waals surface area contributed by atoms with Crippen LogP contribution in [0.4, 0.5) is 0 Å². The van der Waals surface area contributed by atoms with Crippen molar-refractivity contribution in [3.05, 3.63) is 46.5 Å². The highest BCUT2D eigenvalue weighted by molar-refractivity contribution is 7.91. The first-order valence-electron chi connectivity index (χ1n) is 9.40. The number of amides is 1. The minimum absolute atomic E-state index is 0.0621. The van der Waals surface area contributed by atoms with Crippen molar-refractivity contribution in [2.24, 2.45) is 0 Å². The zero-order valence-electron chi connectivity index (χ0n) is 16.0. The maximum atomic E-state index is 12.9. The SMILES string of the molecule is COCCCn1c(C(=O)N[C@H]2CCS(=O)(=O)C2)cc2c(=O)n3ccccc3nc21. The average Bonchev–Trinajstić information content (AvgIpc) is 3.22. The van der Waals surface area contributed by atoms with Gasteiger partial charge in [-0.2, -0.15) is 0 Å². The van der Waals surface area contributed by atoms with E-state index in [1.807, 2.05) is 0 Å². The molecule has 0 aromatic carbocycles. The molecule has 3 aromatic heterocycles. The molecule has 0 bridgehead atoms. The van der Waals surface area contributed by atoms with Crippen LogP contribution in [0.25, 0.3) is 16.7 Å². The van der Waals surface area contributed by atoms with Gasteiger partial charge in [0.2, 0.25) is 0 Å². The number of fused-ring (bicyclic) bond motifs is 2. The summed E-state index contributed by atoms with van der Waals surface area (Å²) in [6.45, 7) is 0.937. The van der Waals surface area contributed by atoms with Crippen LogP contribution < -0.4 is 10.9 Å². The van der Waals surface area contributed by atoms with Gasteiger partial charge in [0, 0.05) is 32.5 Å². The molecule has 0 spiro atoms. The number of carbonyl (C=O) groups excluding carboxylic acids is 1. The molecule has 154 valence electrons. The predicted molar refractivity (Wildman–Crippen MR) is 108 cm³/mol. The molecule has 1 aliphatic heterocycles. The molecular weight excluding hydrogens is 396 g/mol. The summed E-state index contributed by atoms with van der Waals surface area (Å²) in [5.41, 5.74) is 0.959. The fourth-order valence-electron chi connectivity index (χ4n) is 3.70. The molecule has 10 heteroatoms. The molecule has 4 rings (SSSR count). The topological polar surface area (TPSA) is 112 Å². The minimum Gasteiger partial charge on any atom is -0.385 e. The van der Waals surface area contributed by atoms with E-state index in [1.54, 1.807) is 36.1 Å². The first-order chi connectivity index (χ1) is 13.9. The van der Waals surface area contributed by atoms with Crippen molar-refractivity contribution in [1.29, 1.82) is 0 Å². The van der Waals surface area contributed by atoms with Crippen molar-refractivity contribution in [2.75, 3.05) is 25.2 Å². The fraction of sp³-hybridized carbons (Fsp3) is 0.421. The zero-order chi connectivity index (χ0) is 20.6. The van der Waals surface area contributed by atoms with E-state index >= 15 is 0 Å². The second-order valence-electron chi connectivity index (χ2n) is 7.18. The number of hydrogen-bond acceptors (Lipinski definition) is 6. The first kappa shape index (κ1) is 19.6. The summed E-state index contributed by atoms with van der Waals surface area (Å²) < 4.78 is 31.6. The van der Waals surface area contributed by atoms with Crippen LogP contribution in [-0.4, -0.2) is 59.5 Å². The number of pyridine rings is 1. The number of methoxy groups -OCH3 is 1. The van der Waals surface area contributed by atoms with Crippen LogP contribution in [0.2, 0.25) is 0 Å². The van der Waals surface area contributed by atoms with E-state index in [0.29, 0.717) is 48.4 Å². The number of ether oxygens (including phenoxy) is 1. The number of carbonyl (C=O) groups is 1. The molecule has 4 heterocycles. The van der Waals surface area contributed by atoms with E-state index in [0.717, 1.165) is 0 Å². The Morgan fingerprint density at radius 1 is 1.38 bits per heavy atom. The number of nitrogens with one attached hydrogen (secondary N) is 1. The summed E-state index contributed by atoms with van der Waals surface area (Å²) in [7, 11) is -1.52. The Kier molecular flexibility index (Phi) is 5.13. The molecule has 1 atom stereocenters. The summed E-state index contributed by atoms with van der Waals surface area (Å²) >= 11 is 0. The molecule has 0 radical (unpaired) electrons. The average molecular weight is 418 g/mol. The second kappa shape index (κ2) is 7.60. The smallest absolute Gasteiger partial charge is 0.268 e. The molecule has 0 aliphatic carbocycles. The molecule has 1 N–H and O–H groups in total. The van der Waals surface area contributed by atoms with Crippen molar-refractivity contribution in [1.82, 2.24) is 19.3 Å². The highest BCUT2D eigenvalue weighted by Crippen LogP contribution is 2.19. The summed E-state index contributed by atoms with van der Waals surface area (Å²) in [5, 5.41) is 3.14. The Balaban J connectivity index is 1.78. The number of aryl methyl sites for hydroxylation is 1. The van der Waals surface area contributed by atoms with E-state index < -0.39 is 21.8 Å². The van der Waals surface area contributed by atoms with Crippen LogP contribution in [0.15, 0.2) is 35.3 Å². The van der Waals surface area contributed by atoms with Crippen LogP contribution in [0.3, 0.4) is 0 Å². The van der Waals surface area contributed by atoms with Crippen LogP contribution in [0.5, 0.6) is 0 Å². The van der Waals surface area contributed by atoms with Gasteiger partial charge < -0.3 is 14.6 Å². The van der Waals surface area contributed by atoms with Crippen molar-refractivity contribution in [3.63, 3.8) is 0 Å². The van der Waals surface area contributed by atoms with Crippen molar-refractivity contribution < 1.29 is 17.9 Å². The van der Waals surface area contributed by atoms with Crippen LogP contribution in [0.1, 0.15) is 23.3 Å². The maximum absolute atomic E-state index is 12.9. The lowest BCUT2D eigenvalue weighted by Crippen LogP contribution is -2.36. The minimum atomic E-state index is -3.11. The van der Waals surface area contributed by atoms with Gasteiger partial charge >= 0.3 is 0 Å². The predicted octanol–water partition coefficient (Wildman–Crippen LogP) is 0.603. The lowest BCUT2D eigenvalue weighted by Gasteiger charge is -2.13. The van der Waals surface area contributed by atoms with E-state index in [2.05, 4.69) is 10.3 Å². The second-order valence-corrected chi connectivity index (χ2v) is 9.41. The van der Waals surface area contributed by atoms with Gasteiger partial charge in [0.25, 0.3) is 11.5 Å². The van der Waals surface area contributed by atoms with Crippen molar-refractivity contribution >= 4 is 32.4 Å². The van der Waals surface area contributed by atoms with Crippen LogP contribution >= 0.6 is 0 Å². The van der Waals surface area contributed by atoms with Gasteiger partial charge in [-0.3, -0.25) is 14.0 Å². The molecule has 1 fully saturated rings. The molecule has 0 saturated carbocycles. The van der Waals surface area contributed by atoms with Gasteiger partial charge in [-0.25, -0.2) is 13.4 Å². The summed E-state index contributed by atoms with van der Waals surface area (Å²) in [4.78, 5) is 30.4. The molecular formula is C19H22N4O5S. The summed E-state index contributed by atoms with van der Waals surface area (Å²) in [5.74, 6) is -0.396. The zero-order valence-corrected chi connectivity index (χ0v) is 16.8. The number of rotatable bonds is 6. The molecule has 3 aromatic rings. The van der Waals surface area contributed by atoms with Gasteiger partial charge in [-0.1, -0.05) is 6.07 Å². The Morgan fingerprint density at radius 2 is 2.21 bits per heavy atom. The Hall–Kier alpha value is -2.72. The summed E-state index contributed by atoms with van der Waals surface area (Å²) in [6, 6.07) is 6.38. The normalized spacial score (nSPS) is 18.4. The third-order valence-electron chi connectivity index (χ3n) is 5.11. The largest absolute Gasteiger partial charge is 0.385 e. The molecule has 1 amide bonds. The molecule has 9 nitrogen and oxygen atoms in total. The van der Waals surface area contributed by atoms with Gasteiger partial charge in [-0.15, -0.1) is 0 Å². The number of hydrogen-bond donors (Lipinski definition) is 1. The quantitative estimate of drug-likeness (QED) is 0.587. The molecule has 1 aliphatic rings. The molecule has 29 heavy (non-hydrogen) atoms. The maximum Gasteiger partial charge on any atom is 0.268 e. The molecule has 0 unspecified atom stereocenters. The van der Waals surface area contributed by atoms with Crippen LogP contribution in [-0.2, 0) is 21.1 Å². The van der Waals surface area contributed by atoms with Gasteiger partial charge in [-0.05, 0) is 31.0 Å². The Labute approximate surface area is 167 Å². The highest BCUT2D eigenvalue weighted by atomic mass is 32.2. The molecule has 1 saturated heterocycles. The fourth-order valence-corrected chi connectivity index (χ4v) is 5.37. The van der Waals surface area contributed by atoms with E-state index in [-0.39, 0.29) is 17.1 Å². The lowest BCUT2D eigenvalue weighted by molar-refractivity contribution is 0.0931. The van der Waals surface area contributed by atoms with E-state index in [1.165, 1.54) is 10.5 Å². The first-order valence-corrected chi connectivity index (χ1v) is 11.2. The van der Waals surface area contributed by atoms with Crippen molar-refractivity contribution in [2.45, 2.75) is 25.4 Å². The Bertz CT molecular complexity index is 1240. The third kappa shape index (κ3) is 3.77. The number of aromatic nitrogens is 3. The standard InChI is InChI=1S/C19H22N4O5S/c1-28-9-4-8-22-15(18(24)20-13-6-10-29(26,27)12-13)11-14-17(22)21-16-5-2-3-7-23(16)19(14)25/h2-3,5,7,11,13H,4,6,8-10,12H2,1H3,(H,20,24)/t13-/m0/s1.